The Morgan fingerprint density at radius 2 is 1.88 bits per heavy atom. The summed E-state index contributed by atoms with van der Waals surface area (Å²) in [5.41, 5.74) is 0.201. The number of hydrogen-bond donors (Lipinski definition) is 2. The summed E-state index contributed by atoms with van der Waals surface area (Å²) in [7, 11) is 0. The predicted molar refractivity (Wildman–Crippen MR) is 97.3 cm³/mol. The van der Waals surface area contributed by atoms with E-state index in [4.69, 9.17) is 33.3 Å². The van der Waals surface area contributed by atoms with Crippen molar-refractivity contribution in [3.8, 4) is 11.8 Å². The minimum atomic E-state index is -0.499. The predicted octanol–water partition coefficient (Wildman–Crippen LogP) is 2.45. The zero-order valence-electron chi connectivity index (χ0n) is 13.6. The molecule has 0 saturated heterocycles. The number of pyridine rings is 1. The van der Waals surface area contributed by atoms with Crippen molar-refractivity contribution in [1.82, 2.24) is 20.3 Å². The summed E-state index contributed by atoms with van der Waals surface area (Å²) in [6, 6.07) is 4.70. The molecule has 2 heterocycles. The van der Waals surface area contributed by atoms with E-state index in [9.17, 15) is 4.79 Å². The number of anilines is 1. The van der Waals surface area contributed by atoms with Gasteiger partial charge in [-0.05, 0) is 38.2 Å². The van der Waals surface area contributed by atoms with Crippen LogP contribution in [-0.4, -0.2) is 39.2 Å². The second kappa shape index (κ2) is 9.09. The number of thiocarbonyl (C=S) groups is 1. The lowest BCUT2D eigenvalue weighted by molar-refractivity contribution is 0.0977. The van der Waals surface area contributed by atoms with Crippen molar-refractivity contribution in [2.24, 2.45) is 0 Å². The zero-order valence-corrected chi connectivity index (χ0v) is 15.1. The number of ether oxygens (including phenoxy) is 2. The minimum Gasteiger partial charge on any atom is -0.478 e. The van der Waals surface area contributed by atoms with Crippen molar-refractivity contribution < 1.29 is 14.3 Å². The van der Waals surface area contributed by atoms with Gasteiger partial charge in [-0.25, -0.2) is 4.98 Å². The first-order chi connectivity index (χ1) is 12.0. The van der Waals surface area contributed by atoms with Crippen LogP contribution < -0.4 is 20.1 Å². The van der Waals surface area contributed by atoms with Crippen LogP contribution in [0.25, 0.3) is 0 Å². The lowest BCUT2D eigenvalue weighted by atomic mass is 10.3. The van der Waals surface area contributed by atoms with Crippen LogP contribution in [0.1, 0.15) is 24.2 Å². The van der Waals surface area contributed by atoms with Crippen molar-refractivity contribution in [2.75, 3.05) is 18.5 Å². The molecule has 1 amide bonds. The molecule has 0 aliphatic rings. The highest BCUT2D eigenvalue weighted by atomic mass is 35.5. The van der Waals surface area contributed by atoms with Crippen LogP contribution in [0.3, 0.4) is 0 Å². The summed E-state index contributed by atoms with van der Waals surface area (Å²) in [6.07, 6.45) is 1.48. The topological polar surface area (TPSA) is 98.3 Å². The highest BCUT2D eigenvalue weighted by Crippen LogP contribution is 2.18. The van der Waals surface area contributed by atoms with E-state index in [2.05, 4.69) is 25.6 Å². The van der Waals surface area contributed by atoms with Crippen LogP contribution in [0.2, 0.25) is 5.15 Å². The number of carbonyl (C=O) groups excluding carboxylic acids is 1. The molecule has 0 unspecified atom stereocenters. The van der Waals surface area contributed by atoms with Crippen LogP contribution in [0.5, 0.6) is 11.8 Å². The molecule has 132 valence electrons. The van der Waals surface area contributed by atoms with Gasteiger partial charge in [0.25, 0.3) is 5.91 Å². The Labute approximate surface area is 154 Å². The summed E-state index contributed by atoms with van der Waals surface area (Å²) in [5, 5.41) is 5.28. The molecule has 0 spiro atoms. The van der Waals surface area contributed by atoms with Gasteiger partial charge in [0.2, 0.25) is 17.7 Å². The number of halogens is 1. The molecule has 0 aliphatic heterocycles. The van der Waals surface area contributed by atoms with Crippen LogP contribution in [-0.2, 0) is 0 Å². The summed E-state index contributed by atoms with van der Waals surface area (Å²) >= 11 is 11.0. The van der Waals surface area contributed by atoms with Gasteiger partial charge in [0, 0.05) is 6.20 Å². The Balaban J connectivity index is 2.09. The van der Waals surface area contributed by atoms with Crippen molar-refractivity contribution in [2.45, 2.75) is 13.8 Å². The van der Waals surface area contributed by atoms with E-state index in [-0.39, 0.29) is 21.8 Å². The number of rotatable bonds is 6. The van der Waals surface area contributed by atoms with Crippen LogP contribution in [0.4, 0.5) is 5.95 Å². The second-order valence-electron chi connectivity index (χ2n) is 4.48. The number of nitrogens with zero attached hydrogens (tertiary/aromatic N) is 3. The monoisotopic (exact) mass is 381 g/mol. The summed E-state index contributed by atoms with van der Waals surface area (Å²) in [6.45, 7) is 4.53. The Morgan fingerprint density at radius 3 is 2.44 bits per heavy atom. The van der Waals surface area contributed by atoms with E-state index >= 15 is 0 Å². The van der Waals surface area contributed by atoms with Crippen LogP contribution in [0.15, 0.2) is 24.4 Å². The highest BCUT2D eigenvalue weighted by molar-refractivity contribution is 7.80. The first-order valence-corrected chi connectivity index (χ1v) is 8.19. The van der Waals surface area contributed by atoms with Crippen molar-refractivity contribution in [3.05, 3.63) is 35.1 Å². The fourth-order valence-corrected chi connectivity index (χ4v) is 2.15. The molecule has 25 heavy (non-hydrogen) atoms. The molecular formula is C15H16ClN5O3S. The molecule has 8 nitrogen and oxygen atoms in total. The third kappa shape index (κ3) is 5.50. The van der Waals surface area contributed by atoms with E-state index < -0.39 is 5.91 Å². The molecule has 0 aliphatic carbocycles. The standard InChI is InChI=1S/C15H16ClN5O3S/c1-3-23-10-8-11(24-4-2)19-14(18-10)21-15(25)20-13(22)9-6-5-7-17-12(9)16/h5-8H,3-4H2,1-2H3,(H2,18,19,20,21,22,25). The Morgan fingerprint density at radius 1 is 1.24 bits per heavy atom. The summed E-state index contributed by atoms with van der Waals surface area (Å²) in [4.78, 5) is 24.3. The first kappa shape index (κ1) is 18.8. The second-order valence-corrected chi connectivity index (χ2v) is 5.25. The van der Waals surface area contributed by atoms with Crippen molar-refractivity contribution in [1.29, 1.82) is 0 Å². The summed E-state index contributed by atoms with van der Waals surface area (Å²) < 4.78 is 10.7. The Hall–Kier alpha value is -2.52. The fourth-order valence-electron chi connectivity index (χ4n) is 1.76. The van der Waals surface area contributed by atoms with Gasteiger partial charge in [0.1, 0.15) is 5.15 Å². The third-order valence-electron chi connectivity index (χ3n) is 2.72. The number of hydrogen-bond acceptors (Lipinski definition) is 7. The van der Waals surface area contributed by atoms with Gasteiger partial charge < -0.3 is 14.8 Å². The van der Waals surface area contributed by atoms with Gasteiger partial charge in [-0.3, -0.25) is 10.1 Å². The maximum absolute atomic E-state index is 12.2. The molecule has 0 fully saturated rings. The van der Waals surface area contributed by atoms with E-state index in [1.165, 1.54) is 12.3 Å². The molecule has 0 radical (unpaired) electrons. The van der Waals surface area contributed by atoms with Gasteiger partial charge >= 0.3 is 0 Å². The van der Waals surface area contributed by atoms with Gasteiger partial charge in [-0.15, -0.1) is 0 Å². The number of nitrogens with one attached hydrogen (secondary N) is 2. The third-order valence-corrected chi connectivity index (χ3v) is 3.23. The molecule has 0 bridgehead atoms. The Bertz CT molecular complexity index is 750. The van der Waals surface area contributed by atoms with Crippen LogP contribution in [0, 0.1) is 0 Å². The smallest absolute Gasteiger partial charge is 0.260 e. The van der Waals surface area contributed by atoms with Gasteiger partial charge in [-0.1, -0.05) is 11.6 Å². The number of amides is 1. The molecule has 2 N–H and O–H groups in total. The SMILES string of the molecule is CCOc1cc(OCC)nc(NC(=S)NC(=O)c2cccnc2Cl)n1. The highest BCUT2D eigenvalue weighted by Gasteiger charge is 2.14. The molecule has 0 aromatic carbocycles. The first-order valence-electron chi connectivity index (χ1n) is 7.41. The fraction of sp³-hybridized carbons (Fsp3) is 0.267. The van der Waals surface area contributed by atoms with Gasteiger partial charge in [0.15, 0.2) is 5.11 Å². The molecule has 2 aromatic rings. The van der Waals surface area contributed by atoms with Crippen LogP contribution >= 0.6 is 23.8 Å². The van der Waals surface area contributed by atoms with E-state index in [1.807, 2.05) is 13.8 Å². The molecule has 2 rings (SSSR count). The Kier molecular flexibility index (Phi) is 6.84. The molecule has 0 atom stereocenters. The zero-order chi connectivity index (χ0) is 18.2. The maximum Gasteiger partial charge on any atom is 0.260 e. The minimum absolute atomic E-state index is 0.000941. The normalized spacial score (nSPS) is 10.0. The van der Waals surface area contributed by atoms with Crippen molar-refractivity contribution >= 4 is 40.8 Å². The molecular weight excluding hydrogens is 366 g/mol. The van der Waals surface area contributed by atoms with Crippen molar-refractivity contribution in [3.63, 3.8) is 0 Å². The lowest BCUT2D eigenvalue weighted by Crippen LogP contribution is -2.34. The van der Waals surface area contributed by atoms with Gasteiger partial charge in [-0.2, -0.15) is 9.97 Å². The lowest BCUT2D eigenvalue weighted by Gasteiger charge is -2.11. The molecule has 2 aromatic heterocycles. The largest absolute Gasteiger partial charge is 0.478 e. The maximum atomic E-state index is 12.2. The summed E-state index contributed by atoms with van der Waals surface area (Å²) in [5.74, 6) is 0.291. The van der Waals surface area contributed by atoms with E-state index in [0.717, 1.165) is 0 Å². The quantitative estimate of drug-likeness (QED) is 0.581. The number of aromatic nitrogens is 3. The average Bonchev–Trinajstić information content (AvgIpc) is 2.55. The molecule has 10 heteroatoms. The van der Waals surface area contributed by atoms with Gasteiger partial charge in [0.05, 0.1) is 24.8 Å². The molecule has 0 saturated carbocycles. The number of carbonyl (C=O) groups is 1. The average molecular weight is 382 g/mol. The van der Waals surface area contributed by atoms with E-state index in [0.29, 0.717) is 25.0 Å². The van der Waals surface area contributed by atoms with E-state index in [1.54, 1.807) is 12.1 Å².